The van der Waals surface area contributed by atoms with E-state index in [0.717, 1.165) is 6.26 Å². The van der Waals surface area contributed by atoms with Crippen LogP contribution in [-0.4, -0.2) is 25.7 Å². The van der Waals surface area contributed by atoms with Gasteiger partial charge in [0.2, 0.25) is 0 Å². The fourth-order valence-corrected chi connectivity index (χ4v) is 2.23. The Bertz CT molecular complexity index is 508. The van der Waals surface area contributed by atoms with Crippen LogP contribution in [0.4, 0.5) is 5.69 Å². The molecule has 0 radical (unpaired) electrons. The highest BCUT2D eigenvalue weighted by Gasteiger charge is 2.14. The zero-order valence-corrected chi connectivity index (χ0v) is 9.62. The fraction of sp³-hybridized carbons (Fsp3) is 0.300. The van der Waals surface area contributed by atoms with Crippen molar-refractivity contribution in [2.45, 2.75) is 17.7 Å². The van der Waals surface area contributed by atoms with E-state index in [-0.39, 0.29) is 23.4 Å². The molecule has 1 rings (SSSR count). The summed E-state index contributed by atoms with van der Waals surface area (Å²) in [5.41, 5.74) is 6.37. The largest absolute Gasteiger partial charge is 0.481 e. The first kappa shape index (κ1) is 12.5. The van der Waals surface area contributed by atoms with Gasteiger partial charge in [0.1, 0.15) is 0 Å². The first-order chi connectivity index (χ1) is 7.32. The van der Waals surface area contributed by atoms with Crippen molar-refractivity contribution < 1.29 is 18.3 Å². The number of anilines is 1. The van der Waals surface area contributed by atoms with Crippen molar-refractivity contribution in [1.82, 2.24) is 0 Å². The van der Waals surface area contributed by atoms with E-state index in [1.165, 1.54) is 6.07 Å². The normalized spacial score (nSPS) is 11.3. The molecule has 0 aliphatic heterocycles. The van der Waals surface area contributed by atoms with Gasteiger partial charge in [0, 0.05) is 12.7 Å². The predicted octanol–water partition coefficient (Wildman–Crippen LogP) is 0.690. The number of carboxylic acids is 1. The molecule has 0 amide bonds. The third-order valence-electron chi connectivity index (χ3n) is 2.16. The molecule has 0 spiro atoms. The van der Waals surface area contributed by atoms with Gasteiger partial charge in [-0.05, 0) is 18.1 Å². The van der Waals surface area contributed by atoms with Crippen LogP contribution < -0.4 is 5.73 Å². The number of benzene rings is 1. The van der Waals surface area contributed by atoms with Crippen molar-refractivity contribution in [3.63, 3.8) is 0 Å². The van der Waals surface area contributed by atoms with Crippen LogP contribution >= 0.6 is 0 Å². The molecule has 0 bridgehead atoms. The van der Waals surface area contributed by atoms with Crippen LogP contribution in [0.3, 0.4) is 0 Å². The Labute approximate surface area is 93.8 Å². The van der Waals surface area contributed by atoms with Crippen LogP contribution in [0.1, 0.15) is 12.0 Å². The molecule has 5 nitrogen and oxygen atoms in total. The quantitative estimate of drug-likeness (QED) is 0.758. The third-order valence-corrected chi connectivity index (χ3v) is 3.32. The molecule has 0 fully saturated rings. The number of hydrogen-bond acceptors (Lipinski definition) is 4. The van der Waals surface area contributed by atoms with E-state index in [4.69, 9.17) is 10.8 Å². The molecule has 0 unspecified atom stereocenters. The Morgan fingerprint density at radius 1 is 1.44 bits per heavy atom. The second kappa shape index (κ2) is 4.52. The van der Waals surface area contributed by atoms with Crippen molar-refractivity contribution in [3.8, 4) is 0 Å². The number of carboxylic acid groups (broad SMARTS) is 1. The highest BCUT2D eigenvalue weighted by molar-refractivity contribution is 7.90. The summed E-state index contributed by atoms with van der Waals surface area (Å²) in [7, 11) is -3.37. The Hall–Kier alpha value is -1.56. The summed E-state index contributed by atoms with van der Waals surface area (Å²) in [6.07, 6.45) is 1.22. The summed E-state index contributed by atoms with van der Waals surface area (Å²) in [5, 5.41) is 8.54. The van der Waals surface area contributed by atoms with Crippen LogP contribution in [0, 0.1) is 0 Å². The van der Waals surface area contributed by atoms with Gasteiger partial charge >= 0.3 is 5.97 Å². The van der Waals surface area contributed by atoms with Gasteiger partial charge in [-0.2, -0.15) is 0 Å². The number of para-hydroxylation sites is 1. The van der Waals surface area contributed by atoms with Gasteiger partial charge in [0.05, 0.1) is 10.6 Å². The zero-order chi connectivity index (χ0) is 12.3. The van der Waals surface area contributed by atoms with Gasteiger partial charge in [0.15, 0.2) is 9.84 Å². The lowest BCUT2D eigenvalue weighted by atomic mass is 10.1. The topological polar surface area (TPSA) is 97.5 Å². The summed E-state index contributed by atoms with van der Waals surface area (Å²) in [4.78, 5) is 10.5. The average Bonchev–Trinajstić information content (AvgIpc) is 2.14. The van der Waals surface area contributed by atoms with Gasteiger partial charge in [-0.15, -0.1) is 0 Å². The maximum absolute atomic E-state index is 11.3. The first-order valence-corrected chi connectivity index (χ1v) is 6.50. The molecule has 1 aromatic rings. The second-order valence-corrected chi connectivity index (χ2v) is 5.48. The van der Waals surface area contributed by atoms with E-state index in [2.05, 4.69) is 0 Å². The molecular formula is C10H13NO4S. The number of rotatable bonds is 4. The SMILES string of the molecule is CS(=O)(=O)c1cccc(CCC(=O)O)c1N. The van der Waals surface area contributed by atoms with Crippen LogP contribution in [0.5, 0.6) is 0 Å². The minimum atomic E-state index is -3.37. The minimum absolute atomic E-state index is 0.0513. The van der Waals surface area contributed by atoms with Crippen molar-refractivity contribution in [2.24, 2.45) is 0 Å². The number of nitrogens with two attached hydrogens (primary N) is 1. The van der Waals surface area contributed by atoms with Gasteiger partial charge in [0.25, 0.3) is 0 Å². The molecule has 0 aromatic heterocycles. The number of aryl methyl sites for hydroxylation is 1. The van der Waals surface area contributed by atoms with Crippen LogP contribution in [0.15, 0.2) is 23.1 Å². The minimum Gasteiger partial charge on any atom is -0.481 e. The van der Waals surface area contributed by atoms with Crippen molar-refractivity contribution >= 4 is 21.5 Å². The van der Waals surface area contributed by atoms with Crippen molar-refractivity contribution in [2.75, 3.05) is 12.0 Å². The molecule has 0 atom stereocenters. The van der Waals surface area contributed by atoms with E-state index in [0.29, 0.717) is 5.56 Å². The smallest absolute Gasteiger partial charge is 0.303 e. The highest BCUT2D eigenvalue weighted by atomic mass is 32.2. The van der Waals surface area contributed by atoms with Crippen molar-refractivity contribution in [3.05, 3.63) is 23.8 Å². The molecule has 0 aliphatic rings. The fourth-order valence-electron chi connectivity index (χ4n) is 1.37. The first-order valence-electron chi connectivity index (χ1n) is 4.61. The van der Waals surface area contributed by atoms with Crippen molar-refractivity contribution in [1.29, 1.82) is 0 Å². The molecule has 1 aromatic carbocycles. The molecular weight excluding hydrogens is 230 g/mol. The van der Waals surface area contributed by atoms with E-state index in [1.807, 2.05) is 0 Å². The van der Waals surface area contributed by atoms with Gasteiger partial charge < -0.3 is 10.8 Å². The Morgan fingerprint density at radius 3 is 2.56 bits per heavy atom. The van der Waals surface area contributed by atoms with Gasteiger partial charge in [-0.1, -0.05) is 12.1 Å². The summed E-state index contributed by atoms with van der Waals surface area (Å²) in [6, 6.07) is 4.60. The third kappa shape index (κ3) is 2.96. The maximum atomic E-state index is 11.3. The molecule has 3 N–H and O–H groups in total. The summed E-state index contributed by atoms with van der Waals surface area (Å²) in [6.45, 7) is 0. The van der Waals surface area contributed by atoms with Gasteiger partial charge in [-0.3, -0.25) is 4.79 Å². The Morgan fingerprint density at radius 2 is 2.06 bits per heavy atom. The lowest BCUT2D eigenvalue weighted by molar-refractivity contribution is -0.136. The standard InChI is InChI=1S/C10H13NO4S/c1-16(14,15)8-4-2-3-7(10(8)11)5-6-9(12)13/h2-4H,5-6,11H2,1H3,(H,12,13). The van der Waals surface area contributed by atoms with E-state index < -0.39 is 15.8 Å². The highest BCUT2D eigenvalue weighted by Crippen LogP contribution is 2.23. The number of hydrogen-bond donors (Lipinski definition) is 2. The van der Waals surface area contributed by atoms with Gasteiger partial charge in [-0.25, -0.2) is 8.42 Å². The monoisotopic (exact) mass is 243 g/mol. The zero-order valence-electron chi connectivity index (χ0n) is 8.80. The number of carbonyl (C=O) groups is 1. The molecule has 16 heavy (non-hydrogen) atoms. The molecule has 0 aliphatic carbocycles. The Kier molecular flexibility index (Phi) is 3.54. The second-order valence-electron chi connectivity index (χ2n) is 3.49. The van der Waals surface area contributed by atoms with Crippen LogP contribution in [-0.2, 0) is 21.1 Å². The van der Waals surface area contributed by atoms with E-state index in [9.17, 15) is 13.2 Å². The van der Waals surface area contributed by atoms with E-state index >= 15 is 0 Å². The molecule has 0 saturated heterocycles. The number of aliphatic carboxylic acids is 1. The molecule has 6 heteroatoms. The predicted molar refractivity (Wildman–Crippen MR) is 59.9 cm³/mol. The molecule has 88 valence electrons. The maximum Gasteiger partial charge on any atom is 0.303 e. The average molecular weight is 243 g/mol. The lowest BCUT2D eigenvalue weighted by Crippen LogP contribution is -2.06. The van der Waals surface area contributed by atoms with Crippen LogP contribution in [0.2, 0.25) is 0 Å². The Balaban J connectivity index is 3.10. The molecule has 0 heterocycles. The van der Waals surface area contributed by atoms with Crippen LogP contribution in [0.25, 0.3) is 0 Å². The summed E-state index contributed by atoms with van der Waals surface area (Å²) < 4.78 is 22.7. The van der Waals surface area contributed by atoms with E-state index in [1.54, 1.807) is 12.1 Å². The summed E-state index contributed by atoms with van der Waals surface area (Å²) >= 11 is 0. The number of sulfone groups is 1. The summed E-state index contributed by atoms with van der Waals surface area (Å²) in [5.74, 6) is -0.941. The number of nitrogen functional groups attached to an aromatic ring is 1. The lowest BCUT2D eigenvalue weighted by Gasteiger charge is -2.08. The molecule has 0 saturated carbocycles.